The Morgan fingerprint density at radius 1 is 1.23 bits per heavy atom. The number of nitrogens with one attached hydrogen (secondary N) is 2. The van der Waals surface area contributed by atoms with Crippen molar-refractivity contribution in [3.05, 3.63) is 40.6 Å². The van der Waals surface area contributed by atoms with E-state index >= 15 is 0 Å². The molecule has 0 saturated heterocycles. The fourth-order valence-electron chi connectivity index (χ4n) is 1.62. The Kier molecular flexibility index (Phi) is 5.37. The van der Waals surface area contributed by atoms with E-state index in [1.54, 1.807) is 42.8 Å². The minimum absolute atomic E-state index is 0.0734. The zero-order chi connectivity index (χ0) is 15.9. The molecular weight excluding hydrogens is 304 g/mol. The molecule has 1 aromatic carbocycles. The van der Waals surface area contributed by atoms with Gasteiger partial charge in [-0.3, -0.25) is 9.59 Å². The number of carbonyl (C=O) groups is 2. The van der Waals surface area contributed by atoms with E-state index in [9.17, 15) is 9.59 Å². The summed E-state index contributed by atoms with van der Waals surface area (Å²) in [7, 11) is 3.09. The Morgan fingerprint density at radius 2 is 2.05 bits per heavy atom. The van der Waals surface area contributed by atoms with Crippen LogP contribution in [0.2, 0.25) is 0 Å². The van der Waals surface area contributed by atoms with Gasteiger partial charge >= 0.3 is 0 Å². The highest BCUT2D eigenvalue weighted by Gasteiger charge is 2.10. The van der Waals surface area contributed by atoms with Gasteiger partial charge in [-0.25, -0.2) is 0 Å². The lowest BCUT2D eigenvalue weighted by molar-refractivity contribution is -0.122. The predicted molar refractivity (Wildman–Crippen MR) is 84.8 cm³/mol. The molecule has 22 heavy (non-hydrogen) atoms. The summed E-state index contributed by atoms with van der Waals surface area (Å²) < 4.78 is 10.4. The number of rotatable bonds is 6. The monoisotopic (exact) mass is 320 g/mol. The summed E-state index contributed by atoms with van der Waals surface area (Å²) in [4.78, 5) is 23.8. The first kappa shape index (κ1) is 15.8. The van der Waals surface area contributed by atoms with Gasteiger partial charge < -0.3 is 20.1 Å². The quantitative estimate of drug-likeness (QED) is 0.855. The van der Waals surface area contributed by atoms with Gasteiger partial charge in [-0.05, 0) is 12.1 Å². The lowest BCUT2D eigenvalue weighted by Crippen LogP contribution is -2.24. The van der Waals surface area contributed by atoms with Crippen LogP contribution in [0.25, 0.3) is 0 Å². The minimum atomic E-state index is -0.225. The SMILES string of the molecule is CNC(=O)COc1cccc(NC(=O)c2cc(OC)cs2)c1. The Morgan fingerprint density at radius 3 is 2.73 bits per heavy atom. The van der Waals surface area contributed by atoms with Crippen LogP contribution in [-0.2, 0) is 4.79 Å². The van der Waals surface area contributed by atoms with Crippen LogP contribution in [0.15, 0.2) is 35.7 Å². The summed E-state index contributed by atoms with van der Waals surface area (Å²) in [5, 5.41) is 7.00. The highest BCUT2D eigenvalue weighted by atomic mass is 32.1. The minimum Gasteiger partial charge on any atom is -0.496 e. The third-order valence-corrected chi connectivity index (χ3v) is 3.68. The van der Waals surface area contributed by atoms with E-state index in [0.717, 1.165) is 0 Å². The topological polar surface area (TPSA) is 76.7 Å². The summed E-state index contributed by atoms with van der Waals surface area (Å²) in [6, 6.07) is 8.53. The number of thiophene rings is 1. The van der Waals surface area contributed by atoms with Crippen molar-refractivity contribution in [3.8, 4) is 11.5 Å². The molecule has 2 aromatic rings. The van der Waals surface area contributed by atoms with Crippen molar-refractivity contribution in [3.63, 3.8) is 0 Å². The van der Waals surface area contributed by atoms with E-state index in [-0.39, 0.29) is 18.4 Å². The molecule has 0 atom stereocenters. The van der Waals surface area contributed by atoms with Gasteiger partial charge in [0.05, 0.1) is 12.0 Å². The van der Waals surface area contributed by atoms with E-state index in [1.807, 2.05) is 0 Å². The molecule has 0 spiro atoms. The van der Waals surface area contributed by atoms with Gasteiger partial charge in [0.1, 0.15) is 11.5 Å². The number of anilines is 1. The summed E-state index contributed by atoms with van der Waals surface area (Å²) >= 11 is 1.30. The maximum atomic E-state index is 12.1. The molecule has 0 unspecified atom stereocenters. The van der Waals surface area contributed by atoms with Crippen LogP contribution >= 0.6 is 11.3 Å². The Bertz CT molecular complexity index is 669. The number of methoxy groups -OCH3 is 1. The average molecular weight is 320 g/mol. The van der Waals surface area contributed by atoms with Gasteiger partial charge in [0.25, 0.3) is 11.8 Å². The number of likely N-dealkylation sites (N-methyl/N-ethyl adjacent to an activating group) is 1. The van der Waals surface area contributed by atoms with Crippen LogP contribution in [0.5, 0.6) is 11.5 Å². The number of benzene rings is 1. The standard InChI is InChI=1S/C15H16N2O4S/c1-16-14(18)8-21-11-5-3-4-10(6-11)17-15(19)13-7-12(20-2)9-22-13/h3-7,9H,8H2,1-2H3,(H,16,18)(H,17,19). The smallest absolute Gasteiger partial charge is 0.265 e. The van der Waals surface area contributed by atoms with Crippen molar-refractivity contribution >= 4 is 28.8 Å². The maximum absolute atomic E-state index is 12.1. The van der Waals surface area contributed by atoms with Crippen molar-refractivity contribution in [2.45, 2.75) is 0 Å². The first-order chi connectivity index (χ1) is 10.6. The van der Waals surface area contributed by atoms with E-state index in [0.29, 0.717) is 22.1 Å². The van der Waals surface area contributed by atoms with E-state index in [1.165, 1.54) is 18.4 Å². The zero-order valence-corrected chi connectivity index (χ0v) is 13.0. The lowest BCUT2D eigenvalue weighted by atomic mass is 10.3. The first-order valence-electron chi connectivity index (χ1n) is 6.49. The van der Waals surface area contributed by atoms with Gasteiger partial charge in [-0.15, -0.1) is 11.3 Å². The maximum Gasteiger partial charge on any atom is 0.265 e. The van der Waals surface area contributed by atoms with Crippen molar-refractivity contribution in [2.24, 2.45) is 0 Å². The van der Waals surface area contributed by atoms with Crippen molar-refractivity contribution < 1.29 is 19.1 Å². The molecule has 0 bridgehead atoms. The second-order valence-electron chi connectivity index (χ2n) is 4.29. The molecule has 1 aromatic heterocycles. The van der Waals surface area contributed by atoms with E-state index in [2.05, 4.69) is 10.6 Å². The lowest BCUT2D eigenvalue weighted by Gasteiger charge is -2.08. The number of amides is 2. The van der Waals surface area contributed by atoms with Gasteiger partial charge in [0, 0.05) is 30.2 Å². The molecule has 6 nitrogen and oxygen atoms in total. The van der Waals surface area contributed by atoms with Crippen LogP contribution in [-0.4, -0.2) is 32.6 Å². The van der Waals surface area contributed by atoms with Gasteiger partial charge in [-0.2, -0.15) is 0 Å². The first-order valence-corrected chi connectivity index (χ1v) is 7.37. The molecule has 0 saturated carbocycles. The summed E-state index contributed by atoms with van der Waals surface area (Å²) in [6.07, 6.45) is 0. The molecule has 0 aliphatic heterocycles. The van der Waals surface area contributed by atoms with Crippen LogP contribution in [0.1, 0.15) is 9.67 Å². The molecule has 2 N–H and O–H groups in total. The largest absolute Gasteiger partial charge is 0.496 e. The zero-order valence-electron chi connectivity index (χ0n) is 12.2. The van der Waals surface area contributed by atoms with E-state index < -0.39 is 0 Å². The third kappa shape index (κ3) is 4.23. The molecule has 1 heterocycles. The fourth-order valence-corrected chi connectivity index (χ4v) is 2.37. The van der Waals surface area contributed by atoms with Crippen LogP contribution in [0.3, 0.4) is 0 Å². The van der Waals surface area contributed by atoms with Crippen LogP contribution in [0, 0.1) is 0 Å². The van der Waals surface area contributed by atoms with E-state index in [4.69, 9.17) is 9.47 Å². The molecule has 0 fully saturated rings. The molecule has 0 aliphatic carbocycles. The summed E-state index contributed by atoms with van der Waals surface area (Å²) in [5.74, 6) is 0.708. The average Bonchev–Trinajstić information content (AvgIpc) is 3.02. The molecule has 0 aliphatic rings. The molecule has 0 radical (unpaired) electrons. The van der Waals surface area contributed by atoms with Crippen molar-refractivity contribution in [1.82, 2.24) is 5.32 Å². The Balaban J connectivity index is 2.00. The predicted octanol–water partition coefficient (Wildman–Crippen LogP) is 2.13. The molecule has 116 valence electrons. The molecular formula is C15H16N2O4S. The third-order valence-electron chi connectivity index (χ3n) is 2.78. The Hall–Kier alpha value is -2.54. The Labute approximate surface area is 132 Å². The normalized spacial score (nSPS) is 9.91. The second-order valence-corrected chi connectivity index (χ2v) is 5.21. The number of carbonyl (C=O) groups excluding carboxylic acids is 2. The molecule has 2 amide bonds. The van der Waals surface area contributed by atoms with Gasteiger partial charge in [-0.1, -0.05) is 6.07 Å². The van der Waals surface area contributed by atoms with Gasteiger partial charge in [0.2, 0.25) is 0 Å². The molecule has 2 rings (SSSR count). The fraction of sp³-hybridized carbons (Fsp3) is 0.200. The van der Waals surface area contributed by atoms with Gasteiger partial charge in [0.15, 0.2) is 6.61 Å². The number of hydrogen-bond donors (Lipinski definition) is 2. The van der Waals surface area contributed by atoms with Crippen molar-refractivity contribution in [2.75, 3.05) is 26.1 Å². The summed E-state index contributed by atoms with van der Waals surface area (Å²) in [5.41, 5.74) is 0.590. The summed E-state index contributed by atoms with van der Waals surface area (Å²) in [6.45, 7) is -0.0734. The van der Waals surface area contributed by atoms with Crippen LogP contribution < -0.4 is 20.1 Å². The number of ether oxygens (including phenoxy) is 2. The molecule has 7 heteroatoms. The van der Waals surface area contributed by atoms with Crippen LogP contribution in [0.4, 0.5) is 5.69 Å². The number of hydrogen-bond acceptors (Lipinski definition) is 5. The highest BCUT2D eigenvalue weighted by Crippen LogP contribution is 2.23. The second kappa shape index (κ2) is 7.46. The highest BCUT2D eigenvalue weighted by molar-refractivity contribution is 7.12. The van der Waals surface area contributed by atoms with Crippen molar-refractivity contribution in [1.29, 1.82) is 0 Å².